The van der Waals surface area contributed by atoms with Crippen LogP contribution in [0, 0.1) is 13.8 Å². The molecule has 0 fully saturated rings. The number of aryl methyl sites for hydroxylation is 2. The minimum absolute atomic E-state index is 1.25. The van der Waals surface area contributed by atoms with Crippen LogP contribution in [0.5, 0.6) is 0 Å². The highest BCUT2D eigenvalue weighted by Gasteiger charge is 2.10. The maximum absolute atomic E-state index is 3.46. The fraction of sp³-hybridized carbons (Fsp3) is 0.167. The lowest BCUT2D eigenvalue weighted by Gasteiger charge is -1.91. The van der Waals surface area contributed by atoms with Crippen LogP contribution in [-0.2, 0) is 0 Å². The van der Waals surface area contributed by atoms with Crippen molar-refractivity contribution >= 4 is 32.5 Å². The predicted molar refractivity (Wildman–Crippen MR) is 63.2 cm³/mol. The second kappa shape index (κ2) is 2.61. The Balaban J connectivity index is 2.62. The van der Waals surface area contributed by atoms with Crippen LogP contribution >= 0.6 is 11.3 Å². The first-order chi connectivity index (χ1) is 6.77. The van der Waals surface area contributed by atoms with Crippen molar-refractivity contribution in [2.45, 2.75) is 13.8 Å². The van der Waals surface area contributed by atoms with E-state index in [1.165, 1.54) is 31.6 Å². The molecular weight excluding hydrogens is 190 g/mol. The lowest BCUT2D eigenvalue weighted by atomic mass is 10.1. The number of thiophene rings is 1. The molecule has 2 heteroatoms. The molecule has 2 aromatic heterocycles. The summed E-state index contributed by atoms with van der Waals surface area (Å²) in [5.74, 6) is 0. The SMILES string of the molecule is Cc1sc2[nH]c3ccccc3c2c1C. The van der Waals surface area contributed by atoms with E-state index in [1.807, 2.05) is 11.3 Å². The molecule has 0 atom stereocenters. The third-order valence-electron chi connectivity index (χ3n) is 2.83. The van der Waals surface area contributed by atoms with Gasteiger partial charge in [-0.1, -0.05) is 18.2 Å². The molecule has 0 spiro atoms. The van der Waals surface area contributed by atoms with Gasteiger partial charge in [-0.15, -0.1) is 11.3 Å². The standard InChI is InChI=1S/C12H11NS/c1-7-8(2)14-12-11(7)9-5-3-4-6-10(9)13-12/h3-6,13H,1-2H3. The zero-order valence-corrected chi connectivity index (χ0v) is 9.03. The molecule has 2 heterocycles. The molecule has 0 unspecified atom stereocenters. The van der Waals surface area contributed by atoms with Gasteiger partial charge in [0.05, 0.1) is 0 Å². The van der Waals surface area contributed by atoms with Crippen molar-refractivity contribution in [3.63, 3.8) is 0 Å². The Bertz CT molecular complexity index is 616. The average Bonchev–Trinajstić information content (AvgIpc) is 2.65. The van der Waals surface area contributed by atoms with Gasteiger partial charge in [0.2, 0.25) is 0 Å². The fourth-order valence-corrected chi connectivity index (χ4v) is 3.06. The Morgan fingerprint density at radius 2 is 1.93 bits per heavy atom. The molecule has 0 saturated carbocycles. The largest absolute Gasteiger partial charge is 0.346 e. The Morgan fingerprint density at radius 3 is 2.79 bits per heavy atom. The number of aromatic amines is 1. The second-order valence-electron chi connectivity index (χ2n) is 3.66. The van der Waals surface area contributed by atoms with Gasteiger partial charge in [0.15, 0.2) is 0 Å². The highest BCUT2D eigenvalue weighted by molar-refractivity contribution is 7.19. The topological polar surface area (TPSA) is 15.8 Å². The first-order valence-corrected chi connectivity index (χ1v) is 5.55. The maximum Gasteiger partial charge on any atom is 0.101 e. The molecule has 0 aliphatic heterocycles. The van der Waals surface area contributed by atoms with Gasteiger partial charge in [0, 0.05) is 21.2 Å². The van der Waals surface area contributed by atoms with E-state index in [9.17, 15) is 0 Å². The van der Waals surface area contributed by atoms with E-state index in [-0.39, 0.29) is 0 Å². The number of fused-ring (bicyclic) bond motifs is 3. The molecule has 0 aliphatic carbocycles. The Labute approximate surface area is 86.4 Å². The molecule has 14 heavy (non-hydrogen) atoms. The third kappa shape index (κ3) is 0.891. The maximum atomic E-state index is 3.46. The van der Waals surface area contributed by atoms with Crippen LogP contribution < -0.4 is 0 Å². The number of rotatable bonds is 0. The predicted octanol–water partition coefficient (Wildman–Crippen LogP) is 4.00. The van der Waals surface area contributed by atoms with Crippen molar-refractivity contribution in [2.24, 2.45) is 0 Å². The molecule has 0 radical (unpaired) electrons. The van der Waals surface area contributed by atoms with Gasteiger partial charge in [0.25, 0.3) is 0 Å². The summed E-state index contributed by atoms with van der Waals surface area (Å²) in [7, 11) is 0. The molecule has 0 aliphatic rings. The normalized spacial score (nSPS) is 11.6. The van der Waals surface area contributed by atoms with E-state index in [0.717, 1.165) is 0 Å². The highest BCUT2D eigenvalue weighted by Crippen LogP contribution is 2.35. The van der Waals surface area contributed by atoms with Gasteiger partial charge in [0.1, 0.15) is 4.83 Å². The van der Waals surface area contributed by atoms with Crippen LogP contribution in [0.1, 0.15) is 10.4 Å². The van der Waals surface area contributed by atoms with Gasteiger partial charge in [-0.25, -0.2) is 0 Å². The zero-order valence-electron chi connectivity index (χ0n) is 8.22. The van der Waals surface area contributed by atoms with Crippen LogP contribution in [-0.4, -0.2) is 4.98 Å². The van der Waals surface area contributed by atoms with Gasteiger partial charge in [-0.05, 0) is 25.5 Å². The molecule has 3 aromatic rings. The van der Waals surface area contributed by atoms with Gasteiger partial charge in [-0.2, -0.15) is 0 Å². The van der Waals surface area contributed by atoms with Crippen molar-refractivity contribution in [3.8, 4) is 0 Å². The lowest BCUT2D eigenvalue weighted by molar-refractivity contribution is 1.48. The molecule has 0 saturated heterocycles. The Kier molecular flexibility index (Phi) is 1.50. The van der Waals surface area contributed by atoms with E-state index in [1.54, 1.807) is 0 Å². The summed E-state index contributed by atoms with van der Waals surface area (Å²) >= 11 is 1.85. The molecule has 70 valence electrons. The van der Waals surface area contributed by atoms with E-state index >= 15 is 0 Å². The zero-order chi connectivity index (χ0) is 9.71. The molecule has 0 amide bonds. The molecule has 1 N–H and O–H groups in total. The summed E-state index contributed by atoms with van der Waals surface area (Å²) in [6, 6.07) is 8.50. The molecule has 0 bridgehead atoms. The number of hydrogen-bond donors (Lipinski definition) is 1. The van der Waals surface area contributed by atoms with Gasteiger partial charge < -0.3 is 4.98 Å². The lowest BCUT2D eigenvalue weighted by Crippen LogP contribution is -1.70. The molecule has 3 rings (SSSR count). The summed E-state index contributed by atoms with van der Waals surface area (Å²) in [6.45, 7) is 4.39. The van der Waals surface area contributed by atoms with Gasteiger partial charge >= 0.3 is 0 Å². The highest BCUT2D eigenvalue weighted by atomic mass is 32.1. The minimum atomic E-state index is 1.25. The summed E-state index contributed by atoms with van der Waals surface area (Å²) < 4.78 is 0. The molecule has 1 aromatic carbocycles. The van der Waals surface area contributed by atoms with Gasteiger partial charge in [-0.3, -0.25) is 0 Å². The minimum Gasteiger partial charge on any atom is -0.346 e. The van der Waals surface area contributed by atoms with Crippen LogP contribution in [0.3, 0.4) is 0 Å². The number of nitrogens with one attached hydrogen (secondary N) is 1. The number of aromatic nitrogens is 1. The first kappa shape index (κ1) is 8.06. The monoisotopic (exact) mass is 201 g/mol. The smallest absolute Gasteiger partial charge is 0.101 e. The average molecular weight is 201 g/mol. The van der Waals surface area contributed by atoms with E-state index < -0.39 is 0 Å². The third-order valence-corrected chi connectivity index (χ3v) is 3.95. The number of H-pyrrole nitrogens is 1. The first-order valence-electron chi connectivity index (χ1n) is 4.74. The number of benzene rings is 1. The van der Waals surface area contributed by atoms with Crippen molar-refractivity contribution in [3.05, 3.63) is 34.7 Å². The fourth-order valence-electron chi connectivity index (χ4n) is 1.97. The number of para-hydroxylation sites is 1. The van der Waals surface area contributed by atoms with Crippen molar-refractivity contribution < 1.29 is 0 Å². The van der Waals surface area contributed by atoms with Crippen molar-refractivity contribution in [1.29, 1.82) is 0 Å². The number of hydrogen-bond acceptors (Lipinski definition) is 1. The van der Waals surface area contributed by atoms with Crippen LogP contribution in [0.4, 0.5) is 0 Å². The summed E-state index contributed by atoms with van der Waals surface area (Å²) in [5, 5.41) is 2.76. The van der Waals surface area contributed by atoms with Crippen molar-refractivity contribution in [1.82, 2.24) is 4.98 Å². The van der Waals surface area contributed by atoms with Crippen molar-refractivity contribution in [2.75, 3.05) is 0 Å². The Hall–Kier alpha value is -1.28. The summed E-state index contributed by atoms with van der Waals surface area (Å²) in [6.07, 6.45) is 0. The van der Waals surface area contributed by atoms with Crippen LogP contribution in [0.25, 0.3) is 21.1 Å². The quantitative estimate of drug-likeness (QED) is 0.566. The van der Waals surface area contributed by atoms with E-state index in [0.29, 0.717) is 0 Å². The summed E-state index contributed by atoms with van der Waals surface area (Å²) in [4.78, 5) is 6.18. The molecular formula is C12H11NS. The van der Waals surface area contributed by atoms with Crippen LogP contribution in [0.2, 0.25) is 0 Å². The van der Waals surface area contributed by atoms with E-state index in [4.69, 9.17) is 0 Å². The summed E-state index contributed by atoms with van der Waals surface area (Å²) in [5.41, 5.74) is 2.67. The van der Waals surface area contributed by atoms with Crippen LogP contribution in [0.15, 0.2) is 24.3 Å². The second-order valence-corrected chi connectivity index (χ2v) is 4.88. The van der Waals surface area contributed by atoms with E-state index in [2.05, 4.69) is 43.1 Å². The molecule has 1 nitrogen and oxygen atoms in total. The Morgan fingerprint density at radius 1 is 1.14 bits per heavy atom.